The minimum absolute atomic E-state index is 0.187. The average Bonchev–Trinajstić information content (AvgIpc) is 2.50. The van der Waals surface area contributed by atoms with E-state index in [9.17, 15) is 4.79 Å². The maximum absolute atomic E-state index is 12.4. The predicted molar refractivity (Wildman–Crippen MR) is 81.4 cm³/mol. The number of benzene rings is 1. The van der Waals surface area contributed by atoms with E-state index in [0.717, 1.165) is 37.5 Å². The molecule has 1 unspecified atom stereocenters. The number of carbonyl (C=O) groups excluding carboxylic acids is 1. The van der Waals surface area contributed by atoms with Crippen molar-refractivity contribution in [2.24, 2.45) is 0 Å². The Morgan fingerprint density at radius 2 is 2.05 bits per heavy atom. The van der Waals surface area contributed by atoms with Gasteiger partial charge in [-0.05, 0) is 31.5 Å². The second kappa shape index (κ2) is 8.00. The number of hydrogen-bond donors (Lipinski definition) is 1. The third kappa shape index (κ3) is 4.19. The highest BCUT2D eigenvalue weighted by molar-refractivity contribution is 5.78. The first-order chi connectivity index (χ1) is 10.3. The molecule has 0 amide bonds. The van der Waals surface area contributed by atoms with E-state index in [1.165, 1.54) is 0 Å². The third-order valence-corrected chi connectivity index (χ3v) is 3.51. The predicted octanol–water partition coefficient (Wildman–Crippen LogP) is 1.59. The second-order valence-electron chi connectivity index (χ2n) is 4.95. The minimum atomic E-state index is -0.354. The summed E-state index contributed by atoms with van der Waals surface area (Å²) in [7, 11) is 0. The zero-order valence-electron chi connectivity index (χ0n) is 12.8. The number of hydrogen-bond acceptors (Lipinski definition) is 5. The Morgan fingerprint density at radius 3 is 2.71 bits per heavy atom. The molecule has 5 nitrogen and oxygen atoms in total. The molecule has 0 spiro atoms. The van der Waals surface area contributed by atoms with Gasteiger partial charge in [0.1, 0.15) is 11.8 Å². The normalized spacial score (nSPS) is 17.2. The average molecular weight is 292 g/mol. The summed E-state index contributed by atoms with van der Waals surface area (Å²) in [6.07, 6.45) is 0. The molecule has 0 aliphatic carbocycles. The molecule has 0 radical (unpaired) electrons. The van der Waals surface area contributed by atoms with Gasteiger partial charge in [-0.25, -0.2) is 4.79 Å². The smallest absolute Gasteiger partial charge is 0.328 e. The maximum Gasteiger partial charge on any atom is 0.328 e. The Bertz CT molecular complexity index is 459. The lowest BCUT2D eigenvalue weighted by Crippen LogP contribution is -2.47. The van der Waals surface area contributed by atoms with Crippen LogP contribution >= 0.6 is 0 Å². The van der Waals surface area contributed by atoms with Gasteiger partial charge in [-0.2, -0.15) is 0 Å². The van der Waals surface area contributed by atoms with Gasteiger partial charge < -0.3 is 14.8 Å². The lowest BCUT2D eigenvalue weighted by Gasteiger charge is -2.33. The zero-order valence-corrected chi connectivity index (χ0v) is 12.8. The summed E-state index contributed by atoms with van der Waals surface area (Å²) in [4.78, 5) is 14.6. The molecule has 1 aliphatic rings. The standard InChI is InChI=1S/C16H24N2O3/c1-3-20-14-7-5-6-13(12-14)15(16(19)21-4-2)18-10-8-17-9-11-18/h5-7,12,15,17H,3-4,8-11H2,1-2H3. The minimum Gasteiger partial charge on any atom is -0.494 e. The van der Waals surface area contributed by atoms with Crippen LogP contribution in [0.4, 0.5) is 0 Å². The summed E-state index contributed by atoms with van der Waals surface area (Å²) in [5.74, 6) is 0.604. The van der Waals surface area contributed by atoms with Gasteiger partial charge in [0.05, 0.1) is 13.2 Å². The van der Waals surface area contributed by atoms with Crippen molar-refractivity contribution in [1.82, 2.24) is 10.2 Å². The number of carbonyl (C=O) groups is 1. The van der Waals surface area contributed by atoms with Crippen molar-refractivity contribution < 1.29 is 14.3 Å². The van der Waals surface area contributed by atoms with Crippen molar-refractivity contribution in [3.05, 3.63) is 29.8 Å². The topological polar surface area (TPSA) is 50.8 Å². The number of esters is 1. The largest absolute Gasteiger partial charge is 0.494 e. The molecule has 1 heterocycles. The quantitative estimate of drug-likeness (QED) is 0.807. The van der Waals surface area contributed by atoms with Crippen LogP contribution in [0.1, 0.15) is 25.5 Å². The highest BCUT2D eigenvalue weighted by Crippen LogP contribution is 2.26. The van der Waals surface area contributed by atoms with Crippen LogP contribution in [-0.4, -0.2) is 50.3 Å². The van der Waals surface area contributed by atoms with Gasteiger partial charge in [0.15, 0.2) is 0 Å². The van der Waals surface area contributed by atoms with E-state index in [1.54, 1.807) is 0 Å². The lowest BCUT2D eigenvalue weighted by atomic mass is 10.0. The SMILES string of the molecule is CCOC(=O)C(c1cccc(OCC)c1)N1CCNCC1. The van der Waals surface area contributed by atoms with Crippen LogP contribution in [0.15, 0.2) is 24.3 Å². The molecule has 1 saturated heterocycles. The number of nitrogens with zero attached hydrogens (tertiary/aromatic N) is 1. The van der Waals surface area contributed by atoms with Crippen LogP contribution in [0.5, 0.6) is 5.75 Å². The molecule has 1 aromatic carbocycles. The van der Waals surface area contributed by atoms with Crippen LogP contribution in [0.2, 0.25) is 0 Å². The third-order valence-electron chi connectivity index (χ3n) is 3.51. The molecular weight excluding hydrogens is 268 g/mol. The molecule has 21 heavy (non-hydrogen) atoms. The van der Waals surface area contributed by atoms with Crippen molar-refractivity contribution in [2.75, 3.05) is 39.4 Å². The monoisotopic (exact) mass is 292 g/mol. The summed E-state index contributed by atoms with van der Waals surface area (Å²) in [5, 5.41) is 3.31. The Labute approximate surface area is 126 Å². The number of piperazine rings is 1. The molecule has 5 heteroatoms. The van der Waals surface area contributed by atoms with Crippen molar-refractivity contribution in [2.45, 2.75) is 19.9 Å². The van der Waals surface area contributed by atoms with Crippen LogP contribution in [0.25, 0.3) is 0 Å². The number of ether oxygens (including phenoxy) is 2. The van der Waals surface area contributed by atoms with E-state index in [0.29, 0.717) is 13.2 Å². The Morgan fingerprint density at radius 1 is 1.29 bits per heavy atom. The van der Waals surface area contributed by atoms with E-state index >= 15 is 0 Å². The summed E-state index contributed by atoms with van der Waals surface area (Å²) in [5.41, 5.74) is 0.932. The van der Waals surface area contributed by atoms with E-state index in [4.69, 9.17) is 9.47 Å². The number of nitrogens with one attached hydrogen (secondary N) is 1. The molecule has 1 atom stereocenters. The Hall–Kier alpha value is -1.59. The van der Waals surface area contributed by atoms with Crippen LogP contribution in [-0.2, 0) is 9.53 Å². The first kappa shape index (κ1) is 15.8. The summed E-state index contributed by atoms with van der Waals surface area (Å²) in [6, 6.07) is 7.38. The van der Waals surface area contributed by atoms with Gasteiger partial charge in [-0.3, -0.25) is 4.90 Å². The van der Waals surface area contributed by atoms with Gasteiger partial charge in [-0.15, -0.1) is 0 Å². The lowest BCUT2D eigenvalue weighted by molar-refractivity contribution is -0.150. The zero-order chi connectivity index (χ0) is 15.1. The summed E-state index contributed by atoms with van der Waals surface area (Å²) in [6.45, 7) is 8.25. The summed E-state index contributed by atoms with van der Waals surface area (Å²) >= 11 is 0. The van der Waals surface area contributed by atoms with Gasteiger partial charge >= 0.3 is 5.97 Å². The molecule has 1 N–H and O–H groups in total. The fraction of sp³-hybridized carbons (Fsp3) is 0.562. The molecule has 0 saturated carbocycles. The van der Waals surface area contributed by atoms with E-state index in [1.807, 2.05) is 38.1 Å². The van der Waals surface area contributed by atoms with Gasteiger partial charge in [0, 0.05) is 26.2 Å². The molecule has 1 aliphatic heterocycles. The van der Waals surface area contributed by atoms with E-state index in [-0.39, 0.29) is 12.0 Å². The highest BCUT2D eigenvalue weighted by atomic mass is 16.5. The molecule has 1 fully saturated rings. The highest BCUT2D eigenvalue weighted by Gasteiger charge is 2.30. The molecule has 1 aromatic rings. The Kier molecular flexibility index (Phi) is 6.02. The van der Waals surface area contributed by atoms with Gasteiger partial charge in [0.25, 0.3) is 0 Å². The van der Waals surface area contributed by atoms with Crippen LogP contribution in [0.3, 0.4) is 0 Å². The fourth-order valence-electron chi connectivity index (χ4n) is 2.60. The van der Waals surface area contributed by atoms with Crippen molar-refractivity contribution in [1.29, 1.82) is 0 Å². The molecule has 116 valence electrons. The second-order valence-corrected chi connectivity index (χ2v) is 4.95. The molecule has 0 aromatic heterocycles. The Balaban J connectivity index is 2.24. The van der Waals surface area contributed by atoms with Gasteiger partial charge in [0.2, 0.25) is 0 Å². The van der Waals surface area contributed by atoms with Gasteiger partial charge in [-0.1, -0.05) is 12.1 Å². The molecular formula is C16H24N2O3. The van der Waals surface area contributed by atoms with Crippen molar-refractivity contribution in [3.8, 4) is 5.75 Å². The maximum atomic E-state index is 12.4. The van der Waals surface area contributed by atoms with Crippen LogP contribution < -0.4 is 10.1 Å². The first-order valence-electron chi connectivity index (χ1n) is 7.60. The van der Waals surface area contributed by atoms with E-state index < -0.39 is 0 Å². The van der Waals surface area contributed by atoms with E-state index in [2.05, 4.69) is 10.2 Å². The molecule has 0 bridgehead atoms. The van der Waals surface area contributed by atoms with Crippen molar-refractivity contribution >= 4 is 5.97 Å². The first-order valence-corrected chi connectivity index (χ1v) is 7.60. The summed E-state index contributed by atoms with van der Waals surface area (Å²) < 4.78 is 10.8. The van der Waals surface area contributed by atoms with Crippen molar-refractivity contribution in [3.63, 3.8) is 0 Å². The van der Waals surface area contributed by atoms with Crippen LogP contribution in [0, 0.1) is 0 Å². The number of rotatable bonds is 6. The molecule has 2 rings (SSSR count). The fourth-order valence-corrected chi connectivity index (χ4v) is 2.60.